The zero-order valence-electron chi connectivity index (χ0n) is 14.4. The summed E-state index contributed by atoms with van der Waals surface area (Å²) in [5.74, 6) is 1.46. The Kier molecular flexibility index (Phi) is 5.74. The molecule has 2 fully saturated rings. The number of benzene rings is 1. The summed E-state index contributed by atoms with van der Waals surface area (Å²) >= 11 is 0. The van der Waals surface area contributed by atoms with E-state index < -0.39 is 6.10 Å². The highest BCUT2D eigenvalue weighted by Crippen LogP contribution is 2.36. The number of hydrogen-bond donors (Lipinski definition) is 2. The molecule has 2 aliphatic rings. The molecule has 0 spiro atoms. The number of ether oxygens (including phenoxy) is 1. The summed E-state index contributed by atoms with van der Waals surface area (Å²) < 4.78 is 5.68. The molecule has 1 amide bonds. The number of β-amino-alcohol motifs (C(OH)–C–C–N with tert-alkyl or cyclic N) is 1. The van der Waals surface area contributed by atoms with Gasteiger partial charge in [-0.25, -0.2) is 0 Å². The van der Waals surface area contributed by atoms with Gasteiger partial charge in [0.2, 0.25) is 5.91 Å². The molecule has 3 atom stereocenters. The Balaban J connectivity index is 1.43. The van der Waals surface area contributed by atoms with Gasteiger partial charge >= 0.3 is 0 Å². The standard InChI is InChI=1S/C19H28N2O3/c1-14(22)20-16-6-8-18(9-7-16)24-13-17(23)12-21-11-10-15-4-2-3-5-19(15)21/h6-9,15,17,19,23H,2-5,10-13H2,1H3,(H,20,22). The fraction of sp³-hybridized carbons (Fsp3) is 0.632. The van der Waals surface area contributed by atoms with Crippen molar-refractivity contribution in [2.75, 3.05) is 25.0 Å². The number of carbonyl (C=O) groups is 1. The van der Waals surface area contributed by atoms with E-state index in [-0.39, 0.29) is 5.91 Å². The molecule has 5 heteroatoms. The van der Waals surface area contributed by atoms with Crippen molar-refractivity contribution in [2.45, 2.75) is 51.2 Å². The zero-order valence-corrected chi connectivity index (χ0v) is 14.4. The molecule has 3 rings (SSSR count). The lowest BCUT2D eigenvalue weighted by Crippen LogP contribution is -2.41. The lowest BCUT2D eigenvalue weighted by atomic mass is 9.85. The highest BCUT2D eigenvalue weighted by atomic mass is 16.5. The summed E-state index contributed by atoms with van der Waals surface area (Å²) in [5, 5.41) is 13.0. The second kappa shape index (κ2) is 7.99. The van der Waals surface area contributed by atoms with Crippen molar-refractivity contribution in [1.82, 2.24) is 4.90 Å². The van der Waals surface area contributed by atoms with E-state index in [1.165, 1.54) is 39.0 Å². The van der Waals surface area contributed by atoms with Gasteiger partial charge in [0, 0.05) is 25.2 Å². The van der Waals surface area contributed by atoms with Crippen molar-refractivity contribution in [3.8, 4) is 5.75 Å². The number of fused-ring (bicyclic) bond motifs is 1. The number of nitrogens with one attached hydrogen (secondary N) is 1. The fourth-order valence-corrected chi connectivity index (χ4v) is 4.08. The van der Waals surface area contributed by atoms with Gasteiger partial charge in [-0.3, -0.25) is 9.69 Å². The maximum Gasteiger partial charge on any atom is 0.221 e. The van der Waals surface area contributed by atoms with Crippen LogP contribution in [0.1, 0.15) is 39.0 Å². The normalized spacial score (nSPS) is 25.1. The van der Waals surface area contributed by atoms with E-state index in [0.29, 0.717) is 24.9 Å². The van der Waals surface area contributed by atoms with E-state index in [0.717, 1.165) is 18.2 Å². The third kappa shape index (κ3) is 4.48. The molecule has 24 heavy (non-hydrogen) atoms. The first-order valence-electron chi connectivity index (χ1n) is 9.04. The van der Waals surface area contributed by atoms with E-state index >= 15 is 0 Å². The van der Waals surface area contributed by atoms with Crippen molar-refractivity contribution >= 4 is 11.6 Å². The number of aliphatic hydroxyl groups excluding tert-OH is 1. The molecule has 0 bridgehead atoms. The van der Waals surface area contributed by atoms with Gasteiger partial charge in [0.05, 0.1) is 0 Å². The number of nitrogens with zero attached hydrogens (tertiary/aromatic N) is 1. The van der Waals surface area contributed by atoms with Crippen molar-refractivity contribution < 1.29 is 14.6 Å². The Morgan fingerprint density at radius 2 is 2.04 bits per heavy atom. The van der Waals surface area contributed by atoms with Gasteiger partial charge in [0.15, 0.2) is 0 Å². The summed E-state index contributed by atoms with van der Waals surface area (Å²) in [6, 6.07) is 7.90. The number of rotatable bonds is 6. The number of anilines is 1. The molecular formula is C19H28N2O3. The highest BCUT2D eigenvalue weighted by molar-refractivity contribution is 5.88. The van der Waals surface area contributed by atoms with Crippen LogP contribution in [0.3, 0.4) is 0 Å². The van der Waals surface area contributed by atoms with Crippen LogP contribution in [-0.2, 0) is 4.79 Å². The van der Waals surface area contributed by atoms with Crippen LogP contribution < -0.4 is 10.1 Å². The summed E-state index contributed by atoms with van der Waals surface area (Å²) in [5.41, 5.74) is 0.746. The Morgan fingerprint density at radius 3 is 2.79 bits per heavy atom. The predicted octanol–water partition coefficient (Wildman–Crippen LogP) is 2.65. The molecule has 1 heterocycles. The highest BCUT2D eigenvalue weighted by Gasteiger charge is 2.36. The van der Waals surface area contributed by atoms with Crippen molar-refractivity contribution in [1.29, 1.82) is 0 Å². The number of hydrogen-bond acceptors (Lipinski definition) is 4. The molecule has 1 aromatic rings. The van der Waals surface area contributed by atoms with Gasteiger partial charge in [-0.2, -0.15) is 0 Å². The molecule has 132 valence electrons. The van der Waals surface area contributed by atoms with Crippen LogP contribution in [0.2, 0.25) is 0 Å². The molecule has 1 saturated heterocycles. The lowest BCUT2D eigenvalue weighted by Gasteiger charge is -2.32. The first-order chi connectivity index (χ1) is 11.6. The van der Waals surface area contributed by atoms with Gasteiger partial charge in [0.25, 0.3) is 0 Å². The summed E-state index contributed by atoms with van der Waals surface area (Å²) in [6.45, 7) is 3.59. The molecule has 1 aliphatic carbocycles. The Labute approximate surface area is 144 Å². The average Bonchev–Trinajstić information content (AvgIpc) is 2.97. The van der Waals surface area contributed by atoms with Crippen molar-refractivity contribution in [2.24, 2.45) is 5.92 Å². The molecule has 5 nitrogen and oxygen atoms in total. The smallest absolute Gasteiger partial charge is 0.221 e. The number of carbonyl (C=O) groups excluding carboxylic acids is 1. The molecule has 0 aromatic heterocycles. The second-order valence-corrected chi connectivity index (χ2v) is 7.07. The van der Waals surface area contributed by atoms with Gasteiger partial charge in [-0.1, -0.05) is 12.8 Å². The first-order valence-corrected chi connectivity index (χ1v) is 9.04. The maximum atomic E-state index is 11.0. The van der Waals surface area contributed by atoms with Crippen LogP contribution in [0, 0.1) is 5.92 Å². The Hall–Kier alpha value is -1.59. The third-order valence-corrected chi connectivity index (χ3v) is 5.19. The molecule has 3 unspecified atom stereocenters. The van der Waals surface area contributed by atoms with E-state index in [9.17, 15) is 9.90 Å². The summed E-state index contributed by atoms with van der Waals surface area (Å²) in [7, 11) is 0. The van der Waals surface area contributed by atoms with Crippen LogP contribution in [0.5, 0.6) is 5.75 Å². The third-order valence-electron chi connectivity index (χ3n) is 5.19. The largest absolute Gasteiger partial charge is 0.491 e. The Bertz CT molecular complexity index is 546. The van der Waals surface area contributed by atoms with E-state index in [4.69, 9.17) is 4.74 Å². The number of likely N-dealkylation sites (tertiary alicyclic amines) is 1. The predicted molar refractivity (Wildman–Crippen MR) is 94.2 cm³/mol. The molecule has 1 aliphatic heterocycles. The monoisotopic (exact) mass is 332 g/mol. The average molecular weight is 332 g/mol. The molecule has 1 aromatic carbocycles. The minimum absolute atomic E-state index is 0.0919. The van der Waals surface area contributed by atoms with Crippen molar-refractivity contribution in [3.05, 3.63) is 24.3 Å². The second-order valence-electron chi connectivity index (χ2n) is 7.07. The van der Waals surface area contributed by atoms with Crippen LogP contribution >= 0.6 is 0 Å². The fourth-order valence-electron chi connectivity index (χ4n) is 4.08. The van der Waals surface area contributed by atoms with Gasteiger partial charge < -0.3 is 15.2 Å². The topological polar surface area (TPSA) is 61.8 Å². The molecule has 1 saturated carbocycles. The summed E-state index contributed by atoms with van der Waals surface area (Å²) in [4.78, 5) is 13.5. The van der Waals surface area contributed by atoms with E-state index in [1.54, 1.807) is 12.1 Å². The van der Waals surface area contributed by atoms with Crippen molar-refractivity contribution in [3.63, 3.8) is 0 Å². The number of aliphatic hydroxyl groups is 1. The molecule has 2 N–H and O–H groups in total. The van der Waals surface area contributed by atoms with Gasteiger partial charge in [0.1, 0.15) is 18.5 Å². The van der Waals surface area contributed by atoms with Crippen LogP contribution in [0.4, 0.5) is 5.69 Å². The van der Waals surface area contributed by atoms with E-state index in [2.05, 4.69) is 10.2 Å². The maximum absolute atomic E-state index is 11.0. The first kappa shape index (κ1) is 17.2. The zero-order chi connectivity index (χ0) is 16.9. The SMILES string of the molecule is CC(=O)Nc1ccc(OCC(O)CN2CCC3CCCCC32)cc1. The van der Waals surface area contributed by atoms with Crippen LogP contribution in [0.25, 0.3) is 0 Å². The lowest BCUT2D eigenvalue weighted by molar-refractivity contribution is -0.114. The van der Waals surface area contributed by atoms with Gasteiger partial charge in [-0.05, 0) is 56.0 Å². The number of amides is 1. The quantitative estimate of drug-likeness (QED) is 0.841. The van der Waals surface area contributed by atoms with Crippen LogP contribution in [-0.4, -0.2) is 47.8 Å². The molecule has 0 radical (unpaired) electrons. The van der Waals surface area contributed by atoms with E-state index in [1.807, 2.05) is 12.1 Å². The minimum atomic E-state index is -0.472. The van der Waals surface area contributed by atoms with Crippen LogP contribution in [0.15, 0.2) is 24.3 Å². The summed E-state index contributed by atoms with van der Waals surface area (Å²) in [6.07, 6.45) is 6.14. The Morgan fingerprint density at radius 1 is 1.29 bits per heavy atom. The molecular weight excluding hydrogens is 304 g/mol. The minimum Gasteiger partial charge on any atom is -0.491 e. The van der Waals surface area contributed by atoms with Gasteiger partial charge in [-0.15, -0.1) is 0 Å².